The smallest absolute Gasteiger partial charge is 0.184 e. The van der Waals surface area contributed by atoms with E-state index in [0.717, 1.165) is 5.56 Å². The first-order valence-electron chi connectivity index (χ1n) is 5.59. The third-order valence-corrected chi connectivity index (χ3v) is 2.77. The second kappa shape index (κ2) is 6.26. The van der Waals surface area contributed by atoms with Crippen molar-refractivity contribution in [3.8, 4) is 11.5 Å². The maximum atomic E-state index is 5.84. The molecule has 0 aliphatic carbocycles. The van der Waals surface area contributed by atoms with E-state index in [1.807, 2.05) is 30.3 Å². The van der Waals surface area contributed by atoms with Gasteiger partial charge in [-0.25, -0.2) is 0 Å². The molecule has 0 amide bonds. The Hall–Kier alpha value is -1.74. The maximum Gasteiger partial charge on any atom is 0.184 e. The summed E-state index contributed by atoms with van der Waals surface area (Å²) in [7, 11) is 1.60. The topological polar surface area (TPSA) is 31.4 Å². The number of hydrogen-bond acceptors (Lipinski definition) is 3. The first-order chi connectivity index (χ1) is 8.85. The molecule has 0 saturated carbocycles. The summed E-state index contributed by atoms with van der Waals surface area (Å²) in [6.45, 7) is 0.465. The highest BCUT2D eigenvalue weighted by Gasteiger charge is 2.11. The number of methoxy groups -OCH3 is 1. The standard InChI is InChI=1S/C14H14ClNO2/c1-17-13-7-8-16-12(9-15)14(13)18-10-11-5-3-2-4-6-11/h2-8H,9-10H2,1H3. The Morgan fingerprint density at radius 1 is 1.17 bits per heavy atom. The second-order valence-electron chi connectivity index (χ2n) is 3.70. The molecule has 0 aliphatic rings. The molecule has 0 radical (unpaired) electrons. The van der Waals surface area contributed by atoms with Crippen molar-refractivity contribution in [2.24, 2.45) is 0 Å². The van der Waals surface area contributed by atoms with Gasteiger partial charge in [0.25, 0.3) is 0 Å². The lowest BCUT2D eigenvalue weighted by Gasteiger charge is -2.13. The maximum absolute atomic E-state index is 5.84. The quantitative estimate of drug-likeness (QED) is 0.775. The molecule has 0 spiro atoms. The Morgan fingerprint density at radius 3 is 2.61 bits per heavy atom. The summed E-state index contributed by atoms with van der Waals surface area (Å²) >= 11 is 5.84. The molecule has 4 heteroatoms. The molecule has 0 bridgehead atoms. The summed E-state index contributed by atoms with van der Waals surface area (Å²) in [5.41, 5.74) is 1.77. The first kappa shape index (κ1) is 12.7. The van der Waals surface area contributed by atoms with Crippen LogP contribution in [0.5, 0.6) is 11.5 Å². The number of alkyl halides is 1. The van der Waals surface area contributed by atoms with Crippen LogP contribution in [0.4, 0.5) is 0 Å². The van der Waals surface area contributed by atoms with Gasteiger partial charge in [-0.1, -0.05) is 30.3 Å². The van der Waals surface area contributed by atoms with Crippen molar-refractivity contribution < 1.29 is 9.47 Å². The van der Waals surface area contributed by atoms with Crippen LogP contribution >= 0.6 is 11.6 Å². The van der Waals surface area contributed by atoms with Crippen LogP contribution in [0.3, 0.4) is 0 Å². The van der Waals surface area contributed by atoms with Crippen LogP contribution in [0.15, 0.2) is 42.6 Å². The van der Waals surface area contributed by atoms with E-state index < -0.39 is 0 Å². The van der Waals surface area contributed by atoms with E-state index in [-0.39, 0.29) is 0 Å². The van der Waals surface area contributed by atoms with Crippen LogP contribution in [-0.2, 0) is 12.5 Å². The van der Waals surface area contributed by atoms with Gasteiger partial charge in [-0.3, -0.25) is 4.98 Å². The lowest BCUT2D eigenvalue weighted by molar-refractivity contribution is 0.280. The number of halogens is 1. The molecule has 0 atom stereocenters. The average Bonchev–Trinajstić information content (AvgIpc) is 2.45. The van der Waals surface area contributed by atoms with Crippen LogP contribution in [0.1, 0.15) is 11.3 Å². The van der Waals surface area contributed by atoms with Crippen LogP contribution in [-0.4, -0.2) is 12.1 Å². The number of nitrogens with zero attached hydrogens (tertiary/aromatic N) is 1. The van der Waals surface area contributed by atoms with Gasteiger partial charge in [0, 0.05) is 12.3 Å². The molecular weight excluding hydrogens is 250 g/mol. The zero-order valence-electron chi connectivity index (χ0n) is 10.1. The monoisotopic (exact) mass is 263 g/mol. The summed E-state index contributed by atoms with van der Waals surface area (Å²) in [4.78, 5) is 4.18. The minimum atomic E-state index is 0.293. The third kappa shape index (κ3) is 2.93. The third-order valence-electron chi connectivity index (χ3n) is 2.51. The largest absolute Gasteiger partial charge is 0.493 e. The normalized spacial score (nSPS) is 10.1. The number of pyridine rings is 1. The zero-order chi connectivity index (χ0) is 12.8. The molecule has 0 fully saturated rings. The molecule has 2 aromatic rings. The van der Waals surface area contributed by atoms with Gasteiger partial charge in [-0.2, -0.15) is 0 Å². The zero-order valence-corrected chi connectivity index (χ0v) is 10.9. The fourth-order valence-electron chi connectivity index (χ4n) is 1.61. The van der Waals surface area contributed by atoms with Crippen molar-refractivity contribution in [1.29, 1.82) is 0 Å². The van der Waals surface area contributed by atoms with Gasteiger partial charge in [0.15, 0.2) is 11.5 Å². The van der Waals surface area contributed by atoms with Gasteiger partial charge in [-0.15, -0.1) is 11.6 Å². The highest BCUT2D eigenvalue weighted by Crippen LogP contribution is 2.31. The number of rotatable bonds is 5. The van der Waals surface area contributed by atoms with Gasteiger partial charge in [0.2, 0.25) is 0 Å². The Labute approximate surface area is 111 Å². The fraction of sp³-hybridized carbons (Fsp3) is 0.214. The van der Waals surface area contributed by atoms with Gasteiger partial charge in [-0.05, 0) is 5.56 Å². The molecule has 18 heavy (non-hydrogen) atoms. The molecule has 0 unspecified atom stereocenters. The molecule has 2 rings (SSSR count). The predicted octanol–water partition coefficient (Wildman–Crippen LogP) is 3.41. The molecule has 0 N–H and O–H groups in total. The molecule has 1 heterocycles. The second-order valence-corrected chi connectivity index (χ2v) is 3.96. The van der Waals surface area contributed by atoms with Crippen molar-refractivity contribution >= 4 is 11.6 Å². The van der Waals surface area contributed by atoms with Gasteiger partial charge >= 0.3 is 0 Å². The van der Waals surface area contributed by atoms with E-state index in [1.54, 1.807) is 19.4 Å². The Morgan fingerprint density at radius 2 is 1.94 bits per heavy atom. The number of ether oxygens (including phenoxy) is 2. The highest BCUT2D eigenvalue weighted by atomic mass is 35.5. The van der Waals surface area contributed by atoms with Crippen LogP contribution < -0.4 is 9.47 Å². The lowest BCUT2D eigenvalue weighted by atomic mass is 10.2. The summed E-state index contributed by atoms with van der Waals surface area (Å²) in [6, 6.07) is 11.7. The lowest BCUT2D eigenvalue weighted by Crippen LogP contribution is -2.01. The van der Waals surface area contributed by atoms with Crippen molar-refractivity contribution in [2.75, 3.05) is 7.11 Å². The van der Waals surface area contributed by atoms with Crippen LogP contribution in [0.2, 0.25) is 0 Å². The van der Waals surface area contributed by atoms with Crippen molar-refractivity contribution in [3.05, 3.63) is 53.9 Å². The van der Waals surface area contributed by atoms with Crippen LogP contribution in [0.25, 0.3) is 0 Å². The van der Waals surface area contributed by atoms with E-state index in [2.05, 4.69) is 4.98 Å². The minimum absolute atomic E-state index is 0.293. The summed E-state index contributed by atoms with van der Waals surface area (Å²) in [6.07, 6.45) is 1.66. The fourth-order valence-corrected chi connectivity index (χ4v) is 1.80. The van der Waals surface area contributed by atoms with Gasteiger partial charge < -0.3 is 9.47 Å². The number of benzene rings is 1. The van der Waals surface area contributed by atoms with Crippen LogP contribution in [0, 0.1) is 0 Å². The summed E-state index contributed by atoms with van der Waals surface area (Å²) in [5, 5.41) is 0. The van der Waals surface area contributed by atoms with Gasteiger partial charge in [0.05, 0.1) is 13.0 Å². The van der Waals surface area contributed by atoms with E-state index in [4.69, 9.17) is 21.1 Å². The molecule has 1 aromatic heterocycles. The Balaban J connectivity index is 2.17. The number of hydrogen-bond donors (Lipinski definition) is 0. The van der Waals surface area contributed by atoms with E-state index in [0.29, 0.717) is 29.7 Å². The SMILES string of the molecule is COc1ccnc(CCl)c1OCc1ccccc1. The Bertz CT molecular complexity index is 480. The molecule has 0 aliphatic heterocycles. The number of aromatic nitrogens is 1. The Kier molecular flexibility index (Phi) is 4.42. The molecule has 3 nitrogen and oxygen atoms in total. The molecule has 1 aromatic carbocycles. The van der Waals surface area contributed by atoms with Crippen molar-refractivity contribution in [1.82, 2.24) is 4.98 Å². The average molecular weight is 264 g/mol. The molecule has 94 valence electrons. The first-order valence-corrected chi connectivity index (χ1v) is 6.13. The highest BCUT2D eigenvalue weighted by molar-refractivity contribution is 6.17. The van der Waals surface area contributed by atoms with Gasteiger partial charge in [0.1, 0.15) is 12.3 Å². The van der Waals surface area contributed by atoms with Crippen molar-refractivity contribution in [3.63, 3.8) is 0 Å². The predicted molar refractivity (Wildman–Crippen MR) is 71.1 cm³/mol. The summed E-state index contributed by atoms with van der Waals surface area (Å²) < 4.78 is 11.0. The van der Waals surface area contributed by atoms with E-state index in [9.17, 15) is 0 Å². The minimum Gasteiger partial charge on any atom is -0.493 e. The summed E-state index contributed by atoms with van der Waals surface area (Å²) in [5.74, 6) is 1.55. The molecule has 0 saturated heterocycles. The van der Waals surface area contributed by atoms with Crippen molar-refractivity contribution in [2.45, 2.75) is 12.5 Å². The van der Waals surface area contributed by atoms with E-state index in [1.165, 1.54) is 0 Å². The molecular formula is C14H14ClNO2. The van der Waals surface area contributed by atoms with E-state index >= 15 is 0 Å².